The molecule has 0 atom stereocenters. The van der Waals surface area contributed by atoms with Crippen LogP contribution in [0.2, 0.25) is 0 Å². The van der Waals surface area contributed by atoms with Gasteiger partial charge in [-0.15, -0.1) is 10.2 Å². The Morgan fingerprint density at radius 1 is 1.00 bits per heavy atom. The van der Waals surface area contributed by atoms with Crippen LogP contribution < -0.4 is 0 Å². The Hall–Kier alpha value is -3.88. The number of benzene rings is 2. The minimum atomic E-state index is -0.319. The molecule has 4 rings (SSSR count). The van der Waals surface area contributed by atoms with Crippen molar-refractivity contribution in [3.63, 3.8) is 0 Å². The van der Waals surface area contributed by atoms with Gasteiger partial charge in [0.1, 0.15) is 6.54 Å². The number of fused-ring (bicyclic) bond motifs is 1. The first kappa shape index (κ1) is 20.4. The van der Waals surface area contributed by atoms with Crippen molar-refractivity contribution in [1.82, 2.24) is 30.0 Å². The summed E-state index contributed by atoms with van der Waals surface area (Å²) < 4.78 is 0. The molecule has 0 N–H and O–H groups in total. The van der Waals surface area contributed by atoms with E-state index in [9.17, 15) is 14.4 Å². The molecule has 9 nitrogen and oxygen atoms in total. The fraction of sp³-hybridized carbons (Fsp3) is 0.273. The predicted molar refractivity (Wildman–Crippen MR) is 111 cm³/mol. The molecule has 2 heterocycles. The minimum absolute atomic E-state index is 0.0393. The van der Waals surface area contributed by atoms with Crippen molar-refractivity contribution in [2.24, 2.45) is 0 Å². The highest BCUT2D eigenvalue weighted by atomic mass is 16.2. The zero-order valence-corrected chi connectivity index (χ0v) is 17.4. The Kier molecular flexibility index (Phi) is 5.57. The molecule has 0 spiro atoms. The van der Waals surface area contributed by atoms with E-state index in [1.165, 1.54) is 15.3 Å². The molecule has 0 saturated carbocycles. The zero-order valence-electron chi connectivity index (χ0n) is 17.4. The molecule has 0 saturated heterocycles. The van der Waals surface area contributed by atoms with E-state index < -0.39 is 0 Å². The molecule has 158 valence electrons. The van der Waals surface area contributed by atoms with E-state index >= 15 is 0 Å². The lowest BCUT2D eigenvalue weighted by Gasteiger charge is -2.16. The first-order valence-corrected chi connectivity index (χ1v) is 9.94. The number of aromatic nitrogens is 4. The van der Waals surface area contributed by atoms with Gasteiger partial charge in [-0.3, -0.25) is 19.3 Å². The second-order valence-electron chi connectivity index (χ2n) is 7.53. The van der Waals surface area contributed by atoms with Gasteiger partial charge in [-0.25, -0.2) is 0 Å². The monoisotopic (exact) mass is 418 g/mol. The Morgan fingerprint density at radius 3 is 2.29 bits per heavy atom. The summed E-state index contributed by atoms with van der Waals surface area (Å²) in [6.07, 6.45) is 0.263. The van der Waals surface area contributed by atoms with E-state index in [4.69, 9.17) is 0 Å². The summed E-state index contributed by atoms with van der Waals surface area (Å²) in [5.74, 6) is -0.419. The van der Waals surface area contributed by atoms with Crippen LogP contribution in [0.5, 0.6) is 0 Å². The third-order valence-electron chi connectivity index (χ3n) is 5.17. The van der Waals surface area contributed by atoms with Gasteiger partial charge < -0.3 is 4.90 Å². The van der Waals surface area contributed by atoms with Gasteiger partial charge in [-0.1, -0.05) is 42.0 Å². The highest BCUT2D eigenvalue weighted by Crippen LogP contribution is 2.22. The molecule has 2 aromatic carbocycles. The summed E-state index contributed by atoms with van der Waals surface area (Å²) in [7, 11) is 1.72. The third kappa shape index (κ3) is 4.35. The van der Waals surface area contributed by atoms with Crippen molar-refractivity contribution < 1.29 is 14.4 Å². The fourth-order valence-corrected chi connectivity index (χ4v) is 3.39. The average molecular weight is 418 g/mol. The lowest BCUT2D eigenvalue weighted by atomic mass is 10.1. The maximum Gasteiger partial charge on any atom is 0.261 e. The molecule has 1 aromatic heterocycles. The summed E-state index contributed by atoms with van der Waals surface area (Å²) in [4.78, 5) is 41.3. The summed E-state index contributed by atoms with van der Waals surface area (Å²) in [6.45, 7) is 2.61. The van der Waals surface area contributed by atoms with E-state index in [0.29, 0.717) is 23.5 Å². The second-order valence-corrected chi connectivity index (χ2v) is 7.53. The lowest BCUT2D eigenvalue weighted by Crippen LogP contribution is -2.32. The Balaban J connectivity index is 1.31. The van der Waals surface area contributed by atoms with Crippen molar-refractivity contribution in [3.05, 3.63) is 76.6 Å². The predicted octanol–water partition coefficient (Wildman–Crippen LogP) is 1.48. The highest BCUT2D eigenvalue weighted by molar-refractivity contribution is 6.21. The number of imide groups is 1. The topological polar surface area (TPSA) is 101 Å². The maximum atomic E-state index is 12.5. The van der Waals surface area contributed by atoms with Crippen LogP contribution in [-0.4, -0.2) is 61.3 Å². The maximum absolute atomic E-state index is 12.5. The van der Waals surface area contributed by atoms with E-state index in [1.54, 1.807) is 36.2 Å². The van der Waals surface area contributed by atoms with E-state index in [0.717, 1.165) is 5.56 Å². The Bertz CT molecular complexity index is 1100. The largest absolute Gasteiger partial charge is 0.340 e. The molecule has 1 aliphatic rings. The molecular formula is C22H22N6O3. The molecule has 31 heavy (non-hydrogen) atoms. The third-order valence-corrected chi connectivity index (χ3v) is 5.17. The van der Waals surface area contributed by atoms with Crippen LogP contribution in [-0.2, 0) is 24.3 Å². The highest BCUT2D eigenvalue weighted by Gasteiger charge is 2.34. The quantitative estimate of drug-likeness (QED) is 0.539. The Labute approximate surface area is 179 Å². The summed E-state index contributed by atoms with van der Waals surface area (Å²) >= 11 is 0. The lowest BCUT2D eigenvalue weighted by molar-refractivity contribution is -0.131. The van der Waals surface area contributed by atoms with Crippen LogP contribution in [0.15, 0.2) is 48.5 Å². The van der Waals surface area contributed by atoms with Crippen LogP contribution in [0.4, 0.5) is 0 Å². The normalized spacial score (nSPS) is 12.9. The number of amides is 3. The van der Waals surface area contributed by atoms with Gasteiger partial charge in [0.25, 0.3) is 11.8 Å². The van der Waals surface area contributed by atoms with Crippen LogP contribution >= 0.6 is 0 Å². The van der Waals surface area contributed by atoms with Gasteiger partial charge >= 0.3 is 0 Å². The molecule has 9 heteroatoms. The number of nitrogens with zero attached hydrogens (tertiary/aromatic N) is 6. The summed E-state index contributed by atoms with van der Waals surface area (Å²) in [5.41, 5.74) is 3.02. The van der Waals surface area contributed by atoms with Crippen molar-refractivity contribution in [3.8, 4) is 0 Å². The molecule has 1 aliphatic heterocycles. The zero-order chi connectivity index (χ0) is 22.0. The molecule has 0 aliphatic carbocycles. The Morgan fingerprint density at radius 2 is 1.65 bits per heavy atom. The number of rotatable bonds is 7. The van der Waals surface area contributed by atoms with Crippen LogP contribution in [0, 0.1) is 6.92 Å². The fourth-order valence-electron chi connectivity index (χ4n) is 3.39. The summed E-state index contributed by atoms with van der Waals surface area (Å²) in [6, 6.07) is 14.7. The molecule has 3 amide bonds. The van der Waals surface area contributed by atoms with Crippen molar-refractivity contribution in [1.29, 1.82) is 0 Å². The van der Waals surface area contributed by atoms with Crippen molar-refractivity contribution in [2.45, 2.75) is 26.4 Å². The van der Waals surface area contributed by atoms with E-state index in [-0.39, 0.29) is 37.2 Å². The van der Waals surface area contributed by atoms with Crippen LogP contribution in [0.25, 0.3) is 0 Å². The van der Waals surface area contributed by atoms with E-state index in [2.05, 4.69) is 15.4 Å². The molecule has 0 bridgehead atoms. The van der Waals surface area contributed by atoms with Crippen molar-refractivity contribution >= 4 is 17.7 Å². The van der Waals surface area contributed by atoms with Crippen LogP contribution in [0.1, 0.15) is 37.7 Å². The minimum Gasteiger partial charge on any atom is -0.340 e. The number of tetrazole rings is 1. The van der Waals surface area contributed by atoms with Gasteiger partial charge in [-0.2, -0.15) is 4.80 Å². The molecule has 0 radical (unpaired) electrons. The summed E-state index contributed by atoms with van der Waals surface area (Å²) in [5, 5.41) is 12.1. The molecule has 3 aromatic rings. The number of carbonyl (C=O) groups is 3. The molecular weight excluding hydrogens is 396 g/mol. The van der Waals surface area contributed by atoms with Gasteiger partial charge in [-0.05, 0) is 29.8 Å². The smallest absolute Gasteiger partial charge is 0.261 e. The van der Waals surface area contributed by atoms with Crippen molar-refractivity contribution in [2.75, 3.05) is 13.6 Å². The first-order valence-electron chi connectivity index (χ1n) is 9.94. The SMILES string of the molecule is Cc1ccc(CN(C)C(=O)Cn2nnc(CCN3C(=O)c4ccccc4C3=O)n2)cc1. The standard InChI is InChI=1S/C22H22N6O3/c1-15-7-9-16(10-8-15)13-26(2)20(29)14-28-24-19(23-25-28)11-12-27-21(30)17-5-3-4-6-18(17)22(27)31/h3-10H,11-14H2,1-2H3. The molecule has 0 unspecified atom stereocenters. The molecule has 0 fully saturated rings. The number of aryl methyl sites for hydroxylation is 1. The first-order chi connectivity index (χ1) is 14.9. The van der Waals surface area contributed by atoms with Gasteiger partial charge in [0.2, 0.25) is 5.91 Å². The number of carbonyl (C=O) groups excluding carboxylic acids is 3. The van der Waals surface area contributed by atoms with E-state index in [1.807, 2.05) is 31.2 Å². The van der Waals surface area contributed by atoms with Gasteiger partial charge in [0, 0.05) is 26.6 Å². The number of hydrogen-bond acceptors (Lipinski definition) is 6. The van der Waals surface area contributed by atoms with Gasteiger partial charge in [0.05, 0.1) is 11.1 Å². The average Bonchev–Trinajstić information content (AvgIpc) is 3.31. The van der Waals surface area contributed by atoms with Gasteiger partial charge in [0.15, 0.2) is 5.82 Å². The van der Waals surface area contributed by atoms with Crippen LogP contribution in [0.3, 0.4) is 0 Å². The number of likely N-dealkylation sites (N-methyl/N-ethyl adjacent to an activating group) is 1. The second kappa shape index (κ2) is 8.47. The number of hydrogen-bond donors (Lipinski definition) is 0.